The first kappa shape index (κ1) is 15.9. The quantitative estimate of drug-likeness (QED) is 0.821. The lowest BCUT2D eigenvalue weighted by atomic mass is 10.2. The van der Waals surface area contributed by atoms with Gasteiger partial charge in [-0.1, -0.05) is 13.8 Å². The van der Waals surface area contributed by atoms with E-state index in [0.717, 1.165) is 24.0 Å². The molecule has 0 atom stereocenters. The van der Waals surface area contributed by atoms with Crippen LogP contribution in [-0.2, 0) is 13.2 Å². The zero-order chi connectivity index (χ0) is 15.2. The maximum Gasteiger partial charge on any atom is 0.129 e. The summed E-state index contributed by atoms with van der Waals surface area (Å²) in [7, 11) is 0. The van der Waals surface area contributed by atoms with Gasteiger partial charge in [-0.2, -0.15) is 0 Å². The minimum Gasteiger partial charge on any atom is -0.488 e. The minimum atomic E-state index is -0.630. The van der Waals surface area contributed by atoms with Crippen LogP contribution in [0.2, 0.25) is 0 Å². The van der Waals surface area contributed by atoms with Gasteiger partial charge in [-0.05, 0) is 24.6 Å². The first-order chi connectivity index (χ1) is 10.0. The van der Waals surface area contributed by atoms with Gasteiger partial charge in [0.05, 0.1) is 0 Å². The fourth-order valence-electron chi connectivity index (χ4n) is 1.85. The van der Waals surface area contributed by atoms with Gasteiger partial charge in [0, 0.05) is 34.5 Å². The summed E-state index contributed by atoms with van der Waals surface area (Å²) in [5, 5.41) is 3.37. The molecule has 5 heteroatoms. The van der Waals surface area contributed by atoms with Crippen molar-refractivity contribution < 1.29 is 13.5 Å². The predicted octanol–water partition coefficient (Wildman–Crippen LogP) is 4.35. The molecule has 0 aliphatic rings. The third-order valence-corrected chi connectivity index (χ3v) is 3.85. The normalized spacial score (nSPS) is 11.1. The van der Waals surface area contributed by atoms with Gasteiger partial charge >= 0.3 is 0 Å². The highest BCUT2D eigenvalue weighted by Gasteiger charge is 2.04. The lowest BCUT2D eigenvalue weighted by molar-refractivity contribution is 0.306. The standard InChI is InChI=1S/C16H19F2NOS/c1-11(2)8-19-9-15-3-4-16(21-15)10-20-14-6-12(17)5-13(18)7-14/h3-7,11,19H,8-10H2,1-2H3. The molecular formula is C16H19F2NOS. The minimum absolute atomic E-state index is 0.209. The molecule has 2 aromatic rings. The summed E-state index contributed by atoms with van der Waals surface area (Å²) < 4.78 is 31.5. The third-order valence-electron chi connectivity index (χ3n) is 2.79. The fraction of sp³-hybridized carbons (Fsp3) is 0.375. The predicted molar refractivity (Wildman–Crippen MR) is 81.6 cm³/mol. The van der Waals surface area contributed by atoms with Crippen molar-refractivity contribution in [2.24, 2.45) is 5.92 Å². The lowest BCUT2D eigenvalue weighted by Gasteiger charge is -2.06. The molecule has 2 nitrogen and oxygen atoms in total. The van der Waals surface area contributed by atoms with E-state index in [4.69, 9.17) is 4.74 Å². The van der Waals surface area contributed by atoms with E-state index in [1.54, 1.807) is 11.3 Å². The van der Waals surface area contributed by atoms with Gasteiger partial charge < -0.3 is 10.1 Å². The Morgan fingerprint density at radius 3 is 2.43 bits per heavy atom. The van der Waals surface area contributed by atoms with E-state index in [-0.39, 0.29) is 5.75 Å². The summed E-state index contributed by atoms with van der Waals surface area (Å²) in [5.74, 6) is -0.430. The van der Waals surface area contributed by atoms with Gasteiger partial charge in [-0.3, -0.25) is 0 Å². The Morgan fingerprint density at radius 1 is 1.10 bits per heavy atom. The van der Waals surface area contributed by atoms with Crippen LogP contribution in [-0.4, -0.2) is 6.54 Å². The Balaban J connectivity index is 1.85. The lowest BCUT2D eigenvalue weighted by Crippen LogP contribution is -2.18. The van der Waals surface area contributed by atoms with Crippen LogP contribution in [0.5, 0.6) is 5.75 Å². The van der Waals surface area contributed by atoms with Crippen LogP contribution in [0.1, 0.15) is 23.6 Å². The summed E-state index contributed by atoms with van der Waals surface area (Å²) in [6, 6.07) is 7.22. The number of ether oxygens (including phenoxy) is 1. The summed E-state index contributed by atoms with van der Waals surface area (Å²) in [4.78, 5) is 2.25. The third kappa shape index (κ3) is 5.44. The van der Waals surface area contributed by atoms with E-state index < -0.39 is 11.6 Å². The summed E-state index contributed by atoms with van der Waals surface area (Å²) >= 11 is 1.64. The molecule has 1 N–H and O–H groups in total. The molecule has 21 heavy (non-hydrogen) atoms. The topological polar surface area (TPSA) is 21.3 Å². The van der Waals surface area contributed by atoms with Gasteiger partial charge in [0.25, 0.3) is 0 Å². The number of hydrogen-bond donors (Lipinski definition) is 1. The maximum absolute atomic E-state index is 13.0. The number of thiophene rings is 1. The Labute approximate surface area is 127 Å². The van der Waals surface area contributed by atoms with Crippen LogP contribution in [0, 0.1) is 17.6 Å². The van der Waals surface area contributed by atoms with Crippen molar-refractivity contribution in [1.82, 2.24) is 5.32 Å². The van der Waals surface area contributed by atoms with Crippen molar-refractivity contribution in [2.75, 3.05) is 6.54 Å². The van der Waals surface area contributed by atoms with Crippen molar-refractivity contribution in [1.29, 1.82) is 0 Å². The highest BCUT2D eigenvalue weighted by Crippen LogP contribution is 2.21. The number of nitrogens with one attached hydrogen (secondary N) is 1. The van der Waals surface area contributed by atoms with Gasteiger partial charge in [0.2, 0.25) is 0 Å². The molecule has 2 rings (SSSR count). The molecular weight excluding hydrogens is 292 g/mol. The van der Waals surface area contributed by atoms with Gasteiger partial charge in [-0.15, -0.1) is 11.3 Å². The second kappa shape index (κ2) is 7.52. The van der Waals surface area contributed by atoms with E-state index in [2.05, 4.69) is 19.2 Å². The molecule has 0 unspecified atom stereocenters. The van der Waals surface area contributed by atoms with Crippen molar-refractivity contribution in [3.05, 3.63) is 51.7 Å². The molecule has 1 heterocycles. The van der Waals surface area contributed by atoms with Crippen LogP contribution in [0.15, 0.2) is 30.3 Å². The highest BCUT2D eigenvalue weighted by atomic mass is 32.1. The first-order valence-corrected chi connectivity index (χ1v) is 7.72. The van der Waals surface area contributed by atoms with E-state index in [9.17, 15) is 8.78 Å². The maximum atomic E-state index is 13.0. The molecule has 0 radical (unpaired) electrons. The molecule has 114 valence electrons. The molecule has 0 aliphatic heterocycles. The van der Waals surface area contributed by atoms with E-state index >= 15 is 0 Å². The Kier molecular flexibility index (Phi) is 5.70. The SMILES string of the molecule is CC(C)CNCc1ccc(COc2cc(F)cc(F)c2)s1. The molecule has 0 amide bonds. The zero-order valence-electron chi connectivity index (χ0n) is 12.2. The molecule has 0 saturated carbocycles. The molecule has 1 aromatic carbocycles. The number of rotatable bonds is 7. The van der Waals surface area contributed by atoms with Crippen molar-refractivity contribution >= 4 is 11.3 Å². The Bertz CT molecular complexity index is 563. The molecule has 0 bridgehead atoms. The van der Waals surface area contributed by atoms with Crippen LogP contribution in [0.4, 0.5) is 8.78 Å². The molecule has 0 spiro atoms. The monoisotopic (exact) mass is 311 g/mol. The van der Waals surface area contributed by atoms with Crippen molar-refractivity contribution in [3.63, 3.8) is 0 Å². The Morgan fingerprint density at radius 2 is 1.76 bits per heavy atom. The first-order valence-electron chi connectivity index (χ1n) is 6.90. The number of benzene rings is 1. The molecule has 1 aromatic heterocycles. The van der Waals surface area contributed by atoms with Crippen LogP contribution in [0.3, 0.4) is 0 Å². The highest BCUT2D eigenvalue weighted by molar-refractivity contribution is 7.11. The number of halogens is 2. The largest absolute Gasteiger partial charge is 0.488 e. The smallest absolute Gasteiger partial charge is 0.129 e. The van der Waals surface area contributed by atoms with E-state index in [1.807, 2.05) is 12.1 Å². The van der Waals surface area contributed by atoms with Crippen LogP contribution in [0.25, 0.3) is 0 Å². The van der Waals surface area contributed by atoms with Crippen LogP contribution < -0.4 is 10.1 Å². The van der Waals surface area contributed by atoms with Gasteiger partial charge in [-0.25, -0.2) is 8.78 Å². The van der Waals surface area contributed by atoms with Gasteiger partial charge in [0.15, 0.2) is 0 Å². The van der Waals surface area contributed by atoms with E-state index in [1.165, 1.54) is 17.0 Å². The zero-order valence-corrected chi connectivity index (χ0v) is 13.0. The molecule has 0 saturated heterocycles. The average Bonchev–Trinajstić information content (AvgIpc) is 2.83. The summed E-state index contributed by atoms with van der Waals surface area (Å²) in [6.45, 7) is 6.46. The number of hydrogen-bond acceptors (Lipinski definition) is 3. The van der Waals surface area contributed by atoms with Crippen molar-refractivity contribution in [3.8, 4) is 5.75 Å². The van der Waals surface area contributed by atoms with Crippen LogP contribution >= 0.6 is 11.3 Å². The fourth-order valence-corrected chi connectivity index (χ4v) is 2.75. The second-order valence-electron chi connectivity index (χ2n) is 5.29. The molecule has 0 aliphatic carbocycles. The van der Waals surface area contributed by atoms with Crippen molar-refractivity contribution in [2.45, 2.75) is 27.0 Å². The van der Waals surface area contributed by atoms with E-state index in [0.29, 0.717) is 12.5 Å². The average molecular weight is 311 g/mol. The van der Waals surface area contributed by atoms with Gasteiger partial charge in [0.1, 0.15) is 24.0 Å². The molecule has 0 fully saturated rings. The Hall–Kier alpha value is -1.46. The summed E-state index contributed by atoms with van der Waals surface area (Å²) in [6.07, 6.45) is 0. The second-order valence-corrected chi connectivity index (χ2v) is 6.54. The summed E-state index contributed by atoms with van der Waals surface area (Å²) in [5.41, 5.74) is 0.